The summed E-state index contributed by atoms with van der Waals surface area (Å²) in [7, 11) is 0. The number of benzene rings is 2. The molecule has 14 atom stereocenters. The Labute approximate surface area is 301 Å². The molecule has 2 aromatic carbocycles. The molecule has 6 rings (SSSR count). The predicted octanol–water partition coefficient (Wildman–Crippen LogP) is -3.28. The number of alkyl carbamates (subject to hydrolysis) is 1. The SMILES string of the molecule is O=C(N[C@@H](CO[C@@H]1O[C@H](CO)[C@@H](O)[C@H](O[C@H]2OC[C@@H](O)[C@H](O[C@H]3OC[C@@H](O)[C@H](O)[C@H]3O)[C@H]2O)[C@H]1O)C(=O)O)OCC1c2ccccc2-c2ccccc21. The average molecular weight is 754 g/mol. The zero-order valence-electron chi connectivity index (χ0n) is 28.0. The first-order valence-corrected chi connectivity index (χ1v) is 16.9. The van der Waals surface area contributed by atoms with Crippen LogP contribution in [0.2, 0.25) is 0 Å². The van der Waals surface area contributed by atoms with Crippen molar-refractivity contribution in [3.63, 3.8) is 0 Å². The molecule has 1 amide bonds. The van der Waals surface area contributed by atoms with E-state index in [0.717, 1.165) is 22.3 Å². The van der Waals surface area contributed by atoms with Gasteiger partial charge in [-0.05, 0) is 22.3 Å². The Kier molecular flexibility index (Phi) is 12.6. The number of hydrogen-bond donors (Lipinski definition) is 10. The van der Waals surface area contributed by atoms with Crippen molar-refractivity contribution in [3.8, 4) is 11.1 Å². The molecule has 0 unspecified atom stereocenters. The molecule has 19 heteroatoms. The minimum absolute atomic E-state index is 0.0933. The van der Waals surface area contributed by atoms with E-state index < -0.39 is 124 Å². The summed E-state index contributed by atoms with van der Waals surface area (Å²) in [6.07, 6.45) is -22.7. The second-order valence-corrected chi connectivity index (χ2v) is 13.1. The monoisotopic (exact) mass is 753 g/mol. The van der Waals surface area contributed by atoms with E-state index in [1.165, 1.54) is 0 Å². The summed E-state index contributed by atoms with van der Waals surface area (Å²) < 4.78 is 38.1. The molecule has 0 saturated carbocycles. The fourth-order valence-electron chi connectivity index (χ4n) is 6.77. The number of amides is 1. The molecule has 0 bridgehead atoms. The highest BCUT2D eigenvalue weighted by Gasteiger charge is 2.51. The normalized spacial score (nSPS) is 36.3. The highest BCUT2D eigenvalue weighted by atomic mass is 16.7. The fourth-order valence-corrected chi connectivity index (χ4v) is 6.77. The smallest absolute Gasteiger partial charge is 0.407 e. The van der Waals surface area contributed by atoms with Crippen LogP contribution in [-0.2, 0) is 38.0 Å². The van der Waals surface area contributed by atoms with E-state index in [1.807, 2.05) is 48.5 Å². The number of carbonyl (C=O) groups excluding carboxylic acids is 1. The van der Waals surface area contributed by atoms with Gasteiger partial charge in [-0.3, -0.25) is 0 Å². The number of aliphatic hydroxyl groups excluding tert-OH is 8. The number of aliphatic carboxylic acids is 1. The molecule has 3 aliphatic heterocycles. The Hall–Kier alpha value is -3.38. The van der Waals surface area contributed by atoms with E-state index in [1.54, 1.807) is 0 Å². The summed E-state index contributed by atoms with van der Waals surface area (Å²) in [5, 5.41) is 95.1. The lowest BCUT2D eigenvalue weighted by Gasteiger charge is -2.46. The van der Waals surface area contributed by atoms with Crippen molar-refractivity contribution in [1.82, 2.24) is 5.32 Å². The van der Waals surface area contributed by atoms with Crippen LogP contribution in [0.3, 0.4) is 0 Å². The minimum atomic E-state index is -1.90. The van der Waals surface area contributed by atoms with Crippen LogP contribution in [-0.4, -0.2) is 177 Å². The Bertz CT molecular complexity index is 1520. The van der Waals surface area contributed by atoms with Gasteiger partial charge in [-0.2, -0.15) is 0 Å². The maximum atomic E-state index is 12.8. The van der Waals surface area contributed by atoms with Gasteiger partial charge in [0.1, 0.15) is 67.6 Å². The first-order chi connectivity index (χ1) is 25.4. The van der Waals surface area contributed by atoms with Crippen molar-refractivity contribution >= 4 is 12.1 Å². The molecule has 3 fully saturated rings. The lowest BCUT2D eigenvalue weighted by Crippen LogP contribution is -2.64. The van der Waals surface area contributed by atoms with Crippen molar-refractivity contribution < 1.29 is 88.7 Å². The molecular weight excluding hydrogens is 710 g/mol. The average Bonchev–Trinajstić information content (AvgIpc) is 3.47. The fraction of sp³-hybridized carbons (Fsp3) is 0.588. The summed E-state index contributed by atoms with van der Waals surface area (Å²) in [4.78, 5) is 24.9. The number of fused-ring (bicyclic) bond motifs is 3. The zero-order valence-corrected chi connectivity index (χ0v) is 28.0. The van der Waals surface area contributed by atoms with E-state index in [4.69, 9.17) is 33.2 Å². The van der Waals surface area contributed by atoms with Gasteiger partial charge >= 0.3 is 12.1 Å². The summed E-state index contributed by atoms with van der Waals surface area (Å²) in [5.41, 5.74) is 3.90. The first kappa shape index (κ1) is 39.3. The standard InChI is InChI=1S/C34H43NO18/c36-9-22-24(40)29(53-33-26(42)28(21(38)13-49-33)52-31-25(41)23(39)20(37)12-48-31)27(43)32(51-22)47-11-19(30(44)45)35-34(46)50-10-18-16-7-3-1-5-14(16)15-6-2-4-8-17(15)18/h1-8,18-29,31-33,36-43H,9-13H2,(H,35,46)(H,44,45)/t19-,20+,21+,22+,23-,24+,25+,26+,27+,28-,29-,31+,32+,33+/m0/s1. The molecule has 53 heavy (non-hydrogen) atoms. The van der Waals surface area contributed by atoms with Crippen molar-refractivity contribution in [3.05, 3.63) is 59.7 Å². The molecule has 0 radical (unpaired) electrons. The van der Waals surface area contributed by atoms with Gasteiger partial charge in [0.05, 0.1) is 26.4 Å². The number of carboxylic acid groups (broad SMARTS) is 1. The van der Waals surface area contributed by atoms with Crippen LogP contribution in [0.5, 0.6) is 0 Å². The molecule has 1 aliphatic carbocycles. The van der Waals surface area contributed by atoms with Gasteiger partial charge in [0.2, 0.25) is 0 Å². The molecule has 0 spiro atoms. The third-order valence-corrected chi connectivity index (χ3v) is 9.65. The Balaban J connectivity index is 1.06. The van der Waals surface area contributed by atoms with Gasteiger partial charge in [0.25, 0.3) is 0 Å². The van der Waals surface area contributed by atoms with E-state index in [9.17, 15) is 55.5 Å². The van der Waals surface area contributed by atoms with Crippen LogP contribution in [0.1, 0.15) is 17.0 Å². The van der Waals surface area contributed by atoms with E-state index in [2.05, 4.69) is 5.32 Å². The van der Waals surface area contributed by atoms with Crippen LogP contribution in [0.4, 0.5) is 4.79 Å². The van der Waals surface area contributed by atoms with Crippen molar-refractivity contribution in [2.24, 2.45) is 0 Å². The maximum absolute atomic E-state index is 12.8. The van der Waals surface area contributed by atoms with Gasteiger partial charge in [-0.25, -0.2) is 9.59 Å². The van der Waals surface area contributed by atoms with Crippen LogP contribution in [0.15, 0.2) is 48.5 Å². The van der Waals surface area contributed by atoms with Crippen molar-refractivity contribution in [2.45, 2.75) is 91.9 Å². The van der Waals surface area contributed by atoms with Crippen molar-refractivity contribution in [2.75, 3.05) is 33.0 Å². The lowest BCUT2D eigenvalue weighted by molar-refractivity contribution is -0.364. The van der Waals surface area contributed by atoms with E-state index in [0.29, 0.717) is 0 Å². The Morgan fingerprint density at radius 1 is 0.736 bits per heavy atom. The maximum Gasteiger partial charge on any atom is 0.407 e. The molecule has 3 heterocycles. The number of hydrogen-bond acceptors (Lipinski definition) is 17. The molecule has 10 N–H and O–H groups in total. The summed E-state index contributed by atoms with van der Waals surface area (Å²) >= 11 is 0. The molecule has 19 nitrogen and oxygen atoms in total. The van der Waals surface area contributed by atoms with Crippen LogP contribution in [0.25, 0.3) is 11.1 Å². The quantitative estimate of drug-likeness (QED) is 0.102. The van der Waals surface area contributed by atoms with Gasteiger partial charge in [0.15, 0.2) is 24.9 Å². The summed E-state index contributed by atoms with van der Waals surface area (Å²) in [5.74, 6) is -1.81. The number of aliphatic hydroxyl groups is 8. The second-order valence-electron chi connectivity index (χ2n) is 13.1. The van der Waals surface area contributed by atoms with Crippen LogP contribution >= 0.6 is 0 Å². The lowest BCUT2D eigenvalue weighted by atomic mass is 9.98. The third-order valence-electron chi connectivity index (χ3n) is 9.65. The minimum Gasteiger partial charge on any atom is -0.480 e. The molecule has 0 aromatic heterocycles. The van der Waals surface area contributed by atoms with E-state index >= 15 is 0 Å². The largest absolute Gasteiger partial charge is 0.480 e. The highest BCUT2D eigenvalue weighted by Crippen LogP contribution is 2.44. The van der Waals surface area contributed by atoms with E-state index in [-0.39, 0.29) is 12.5 Å². The molecule has 2 aromatic rings. The molecule has 3 saturated heterocycles. The number of carboxylic acids is 1. The number of nitrogens with one attached hydrogen (secondary N) is 1. The predicted molar refractivity (Wildman–Crippen MR) is 173 cm³/mol. The Morgan fingerprint density at radius 3 is 1.92 bits per heavy atom. The van der Waals surface area contributed by atoms with Gasteiger partial charge in [0, 0.05) is 5.92 Å². The van der Waals surface area contributed by atoms with Gasteiger partial charge in [-0.15, -0.1) is 0 Å². The zero-order chi connectivity index (χ0) is 38.0. The summed E-state index contributed by atoms with van der Waals surface area (Å²) in [6.45, 7) is -2.63. The van der Waals surface area contributed by atoms with Crippen molar-refractivity contribution in [1.29, 1.82) is 0 Å². The highest BCUT2D eigenvalue weighted by molar-refractivity contribution is 5.81. The number of rotatable bonds is 12. The topological polar surface area (TPSA) is 293 Å². The third kappa shape index (κ3) is 8.33. The molecular formula is C34H43NO18. The molecule has 4 aliphatic rings. The van der Waals surface area contributed by atoms with Gasteiger partial charge in [-0.1, -0.05) is 48.5 Å². The van der Waals surface area contributed by atoms with Crippen LogP contribution in [0, 0.1) is 0 Å². The first-order valence-electron chi connectivity index (χ1n) is 16.9. The Morgan fingerprint density at radius 2 is 1.30 bits per heavy atom. The second kappa shape index (κ2) is 17.0. The van der Waals surface area contributed by atoms with Gasteiger partial charge < -0.3 is 84.4 Å². The number of ether oxygens (including phenoxy) is 7. The summed E-state index contributed by atoms with van der Waals surface area (Å²) in [6, 6.07) is 13.6. The molecule has 292 valence electrons. The van der Waals surface area contributed by atoms with Crippen LogP contribution < -0.4 is 5.32 Å². The number of carbonyl (C=O) groups is 2.